The van der Waals surface area contributed by atoms with E-state index in [2.05, 4.69) is 26.3 Å². The fourth-order valence-corrected chi connectivity index (χ4v) is 2.78. The Balaban J connectivity index is 1.80. The molecule has 0 fully saturated rings. The summed E-state index contributed by atoms with van der Waals surface area (Å²) in [4.78, 5) is 23.0. The average Bonchev–Trinajstić information content (AvgIpc) is 2.95. The van der Waals surface area contributed by atoms with E-state index < -0.39 is 4.92 Å². The second-order valence-electron chi connectivity index (χ2n) is 6.17. The average molecular weight is 445 g/mol. The third-order valence-corrected chi connectivity index (χ3v) is 4.76. The molecule has 0 saturated heterocycles. The fourth-order valence-electron chi connectivity index (χ4n) is 2.48. The first-order chi connectivity index (χ1) is 13.3. The molecule has 1 heterocycles. The minimum absolute atomic E-state index is 0.0196. The number of carbonyl (C=O) groups is 1. The lowest BCUT2D eigenvalue weighted by molar-refractivity contribution is -0.384. The van der Waals surface area contributed by atoms with Gasteiger partial charge in [-0.05, 0) is 41.9 Å². The van der Waals surface area contributed by atoms with E-state index in [1.165, 1.54) is 22.9 Å². The van der Waals surface area contributed by atoms with Crippen LogP contribution in [0, 0.1) is 24.0 Å². The van der Waals surface area contributed by atoms with Gasteiger partial charge in [-0.3, -0.25) is 19.6 Å². The van der Waals surface area contributed by atoms with Crippen molar-refractivity contribution in [2.24, 2.45) is 0 Å². The number of nitro benzene ring substituents is 1. The van der Waals surface area contributed by atoms with Gasteiger partial charge in [-0.2, -0.15) is 5.10 Å². The van der Waals surface area contributed by atoms with Gasteiger partial charge in [-0.25, -0.2) is 0 Å². The molecule has 1 amide bonds. The lowest BCUT2D eigenvalue weighted by atomic mass is 10.2. The molecule has 0 aliphatic rings. The summed E-state index contributed by atoms with van der Waals surface area (Å²) in [6.07, 6.45) is 1.60. The molecule has 28 heavy (non-hydrogen) atoms. The van der Waals surface area contributed by atoms with E-state index >= 15 is 0 Å². The van der Waals surface area contributed by atoms with Crippen molar-refractivity contribution in [1.29, 1.82) is 0 Å². The van der Waals surface area contributed by atoms with Gasteiger partial charge in [-0.15, -0.1) is 0 Å². The number of nitrogens with zero attached hydrogens (tertiary/aromatic N) is 3. The third kappa shape index (κ3) is 4.74. The lowest BCUT2D eigenvalue weighted by Gasteiger charge is -2.10. The van der Waals surface area contributed by atoms with E-state index in [1.807, 2.05) is 26.0 Å². The number of carbonyl (C=O) groups excluding carboxylic acids is 1. The number of benzene rings is 2. The summed E-state index contributed by atoms with van der Waals surface area (Å²) >= 11 is 3.34. The summed E-state index contributed by atoms with van der Waals surface area (Å²) in [5.41, 5.74) is 1.96. The Morgan fingerprint density at radius 1 is 1.21 bits per heavy atom. The van der Waals surface area contributed by atoms with Crippen LogP contribution in [0.3, 0.4) is 0 Å². The summed E-state index contributed by atoms with van der Waals surface area (Å²) in [5, 5.41) is 18.0. The fraction of sp³-hybridized carbons (Fsp3) is 0.158. The molecule has 3 aromatic rings. The van der Waals surface area contributed by atoms with Gasteiger partial charge < -0.3 is 10.1 Å². The van der Waals surface area contributed by atoms with Crippen LogP contribution in [-0.2, 0) is 11.3 Å². The smallest absolute Gasteiger partial charge is 0.275 e. The maximum Gasteiger partial charge on any atom is 0.275 e. The van der Waals surface area contributed by atoms with E-state index in [4.69, 9.17) is 4.74 Å². The van der Waals surface area contributed by atoms with Gasteiger partial charge >= 0.3 is 0 Å². The number of amides is 1. The second-order valence-corrected chi connectivity index (χ2v) is 7.03. The van der Waals surface area contributed by atoms with Crippen LogP contribution in [-0.4, -0.2) is 20.6 Å². The molecule has 0 bridgehead atoms. The Kier molecular flexibility index (Phi) is 5.74. The van der Waals surface area contributed by atoms with Crippen LogP contribution in [0.5, 0.6) is 11.5 Å². The number of hydrogen-bond donors (Lipinski definition) is 1. The van der Waals surface area contributed by atoms with Crippen LogP contribution in [0.4, 0.5) is 11.4 Å². The molecule has 8 nitrogen and oxygen atoms in total. The van der Waals surface area contributed by atoms with Gasteiger partial charge in [0.25, 0.3) is 5.69 Å². The molecule has 0 atom stereocenters. The van der Waals surface area contributed by atoms with E-state index in [-0.39, 0.29) is 29.6 Å². The standard InChI is InChI=1S/C19H17BrN4O4/c1-12-3-5-16(6-4-12)28-17-8-14(7-15(9-17)24(26)27)22-19(25)11-23-13(2)18(20)10-21-23/h3-10H,11H2,1-2H3,(H,22,25). The summed E-state index contributed by atoms with van der Waals surface area (Å²) in [5.74, 6) is 0.437. The van der Waals surface area contributed by atoms with Gasteiger partial charge in [-0.1, -0.05) is 17.7 Å². The molecular weight excluding hydrogens is 428 g/mol. The Labute approximate surface area is 169 Å². The molecule has 0 aliphatic heterocycles. The zero-order chi connectivity index (χ0) is 20.3. The highest BCUT2D eigenvalue weighted by molar-refractivity contribution is 9.10. The quantitative estimate of drug-likeness (QED) is 0.442. The highest BCUT2D eigenvalue weighted by atomic mass is 79.9. The largest absolute Gasteiger partial charge is 0.457 e. The summed E-state index contributed by atoms with van der Waals surface area (Å²) in [6, 6.07) is 11.4. The first-order valence-corrected chi connectivity index (χ1v) is 9.13. The maximum atomic E-state index is 12.3. The van der Waals surface area contributed by atoms with Crippen LogP contribution in [0.25, 0.3) is 0 Å². The number of nitrogens with one attached hydrogen (secondary N) is 1. The van der Waals surface area contributed by atoms with Crippen LogP contribution in [0.15, 0.2) is 53.1 Å². The van der Waals surface area contributed by atoms with Crippen molar-refractivity contribution in [2.75, 3.05) is 5.32 Å². The summed E-state index contributed by atoms with van der Waals surface area (Å²) in [6.45, 7) is 3.75. The Bertz CT molecular complexity index is 1030. The maximum absolute atomic E-state index is 12.3. The number of halogens is 1. The second kappa shape index (κ2) is 8.22. The molecular formula is C19H17BrN4O4. The molecule has 1 aromatic heterocycles. The van der Waals surface area contributed by atoms with Crippen LogP contribution in [0.1, 0.15) is 11.3 Å². The Morgan fingerprint density at radius 2 is 1.93 bits per heavy atom. The van der Waals surface area contributed by atoms with Gasteiger partial charge in [0.2, 0.25) is 5.91 Å². The minimum atomic E-state index is -0.535. The van der Waals surface area contributed by atoms with E-state index in [9.17, 15) is 14.9 Å². The van der Waals surface area contributed by atoms with Crippen molar-refractivity contribution in [3.63, 3.8) is 0 Å². The lowest BCUT2D eigenvalue weighted by Crippen LogP contribution is -2.20. The molecule has 0 spiro atoms. The number of ether oxygens (including phenoxy) is 1. The van der Waals surface area contributed by atoms with Crippen molar-refractivity contribution >= 4 is 33.2 Å². The monoisotopic (exact) mass is 444 g/mol. The minimum Gasteiger partial charge on any atom is -0.457 e. The number of hydrogen-bond acceptors (Lipinski definition) is 5. The number of aromatic nitrogens is 2. The summed E-state index contributed by atoms with van der Waals surface area (Å²) in [7, 11) is 0. The zero-order valence-corrected chi connectivity index (χ0v) is 16.8. The molecule has 0 aliphatic carbocycles. The van der Waals surface area contributed by atoms with Crippen LogP contribution >= 0.6 is 15.9 Å². The molecule has 3 rings (SSSR count). The highest BCUT2D eigenvalue weighted by Gasteiger charge is 2.14. The van der Waals surface area contributed by atoms with E-state index in [0.717, 1.165) is 15.7 Å². The predicted molar refractivity (Wildman–Crippen MR) is 108 cm³/mol. The topological polar surface area (TPSA) is 99.3 Å². The third-order valence-electron chi connectivity index (χ3n) is 3.98. The van der Waals surface area contributed by atoms with Crippen molar-refractivity contribution in [3.8, 4) is 11.5 Å². The highest BCUT2D eigenvalue weighted by Crippen LogP contribution is 2.30. The SMILES string of the molecule is Cc1ccc(Oc2cc(NC(=O)Cn3ncc(Br)c3C)cc([N+](=O)[O-])c2)cc1. The number of anilines is 1. The number of rotatable bonds is 6. The molecule has 1 N–H and O–H groups in total. The molecule has 9 heteroatoms. The number of aryl methyl sites for hydroxylation is 1. The predicted octanol–water partition coefficient (Wildman–Crippen LogP) is 4.60. The molecule has 0 saturated carbocycles. The Hall–Kier alpha value is -3.20. The molecule has 144 valence electrons. The first-order valence-electron chi connectivity index (χ1n) is 8.33. The normalized spacial score (nSPS) is 10.5. The molecule has 2 aromatic carbocycles. The molecule has 0 unspecified atom stereocenters. The van der Waals surface area contributed by atoms with Crippen molar-refractivity contribution in [1.82, 2.24) is 9.78 Å². The zero-order valence-electron chi connectivity index (χ0n) is 15.2. The van der Waals surface area contributed by atoms with Crippen molar-refractivity contribution in [3.05, 3.63) is 74.5 Å². The first kappa shape index (κ1) is 19.6. The van der Waals surface area contributed by atoms with Gasteiger partial charge in [0.05, 0.1) is 33.0 Å². The molecule has 0 radical (unpaired) electrons. The van der Waals surface area contributed by atoms with Crippen molar-refractivity contribution < 1.29 is 14.5 Å². The van der Waals surface area contributed by atoms with Crippen molar-refractivity contribution in [2.45, 2.75) is 20.4 Å². The van der Waals surface area contributed by atoms with Gasteiger partial charge in [0.1, 0.15) is 18.0 Å². The van der Waals surface area contributed by atoms with Gasteiger partial charge in [0.15, 0.2) is 0 Å². The Morgan fingerprint density at radius 3 is 2.54 bits per heavy atom. The van der Waals surface area contributed by atoms with E-state index in [0.29, 0.717) is 5.75 Å². The number of nitro groups is 1. The van der Waals surface area contributed by atoms with Crippen LogP contribution in [0.2, 0.25) is 0 Å². The van der Waals surface area contributed by atoms with Gasteiger partial charge in [0, 0.05) is 12.1 Å². The number of non-ortho nitro benzene ring substituents is 1. The summed E-state index contributed by atoms with van der Waals surface area (Å²) < 4.78 is 8.03. The van der Waals surface area contributed by atoms with E-state index in [1.54, 1.807) is 18.3 Å². The van der Waals surface area contributed by atoms with Crippen LogP contribution < -0.4 is 10.1 Å².